The largest absolute Gasteiger partial charge is 0.387 e. The highest BCUT2D eigenvalue weighted by atomic mass is 16.3. The van der Waals surface area contributed by atoms with E-state index in [2.05, 4.69) is 13.8 Å². The summed E-state index contributed by atoms with van der Waals surface area (Å²) in [5.41, 5.74) is 1.97. The fraction of sp³-hybridized carbons (Fsp3) is 0.500. The lowest BCUT2D eigenvalue weighted by atomic mass is 10.00. The lowest BCUT2D eigenvalue weighted by molar-refractivity contribution is -0.155. The van der Waals surface area contributed by atoms with Crippen LogP contribution in [0.4, 0.5) is 0 Å². The van der Waals surface area contributed by atoms with Gasteiger partial charge in [0.2, 0.25) is 0 Å². The summed E-state index contributed by atoms with van der Waals surface area (Å²) in [5, 5.41) is 10.3. The van der Waals surface area contributed by atoms with E-state index in [0.29, 0.717) is 19.0 Å². The molecule has 0 aliphatic carbocycles. The Kier molecular flexibility index (Phi) is 4.63. The van der Waals surface area contributed by atoms with Crippen molar-refractivity contribution in [2.75, 3.05) is 26.7 Å². The predicted molar refractivity (Wildman–Crippen MR) is 79.7 cm³/mol. The topological polar surface area (TPSA) is 60.9 Å². The van der Waals surface area contributed by atoms with Gasteiger partial charge in [-0.25, -0.2) is 0 Å². The molecule has 1 saturated heterocycles. The van der Waals surface area contributed by atoms with Gasteiger partial charge in [-0.1, -0.05) is 38.1 Å². The van der Waals surface area contributed by atoms with E-state index in [1.54, 1.807) is 7.05 Å². The molecule has 1 atom stereocenters. The van der Waals surface area contributed by atoms with Gasteiger partial charge < -0.3 is 14.9 Å². The smallest absolute Gasteiger partial charge is 0.312 e. The maximum absolute atomic E-state index is 11.9. The molecule has 5 heteroatoms. The van der Waals surface area contributed by atoms with Gasteiger partial charge in [0, 0.05) is 20.1 Å². The number of amides is 2. The van der Waals surface area contributed by atoms with Crippen molar-refractivity contribution in [3.63, 3.8) is 0 Å². The monoisotopic (exact) mass is 290 g/mol. The van der Waals surface area contributed by atoms with Crippen molar-refractivity contribution >= 4 is 11.8 Å². The Labute approximate surface area is 125 Å². The molecule has 1 fully saturated rings. The predicted octanol–water partition coefficient (Wildman–Crippen LogP) is 1.14. The molecule has 0 radical (unpaired) electrons. The van der Waals surface area contributed by atoms with Crippen molar-refractivity contribution < 1.29 is 14.7 Å². The van der Waals surface area contributed by atoms with Crippen LogP contribution in [-0.4, -0.2) is 53.4 Å². The summed E-state index contributed by atoms with van der Waals surface area (Å²) < 4.78 is 0. The van der Waals surface area contributed by atoms with E-state index in [-0.39, 0.29) is 6.54 Å². The molecule has 1 aliphatic rings. The van der Waals surface area contributed by atoms with Gasteiger partial charge in [0.1, 0.15) is 0 Å². The molecular formula is C16H22N2O3. The number of hydrogen-bond donors (Lipinski definition) is 1. The molecule has 1 aromatic rings. The lowest BCUT2D eigenvalue weighted by Crippen LogP contribution is -2.53. The van der Waals surface area contributed by atoms with Gasteiger partial charge in [-0.05, 0) is 17.0 Å². The minimum absolute atomic E-state index is 0.152. The number of β-amino-alcohol motifs (C(OH)–C–C–N with tert-alkyl or cyclic N) is 1. The van der Waals surface area contributed by atoms with Gasteiger partial charge in [0.25, 0.3) is 0 Å². The SMILES string of the molecule is CC(C)c1ccc(C(O)CN2CCN(C)C(=O)C2=O)cc1. The Balaban J connectivity index is 2.02. The molecule has 0 spiro atoms. The van der Waals surface area contributed by atoms with Gasteiger partial charge in [-0.15, -0.1) is 0 Å². The molecular weight excluding hydrogens is 268 g/mol. The van der Waals surface area contributed by atoms with Crippen LogP contribution in [0.1, 0.15) is 37.0 Å². The van der Waals surface area contributed by atoms with Gasteiger partial charge in [-0.3, -0.25) is 9.59 Å². The molecule has 1 aliphatic heterocycles. The van der Waals surface area contributed by atoms with E-state index < -0.39 is 17.9 Å². The number of carbonyl (C=O) groups excluding carboxylic acids is 2. The normalized spacial score (nSPS) is 17.6. The van der Waals surface area contributed by atoms with Crippen molar-refractivity contribution in [3.8, 4) is 0 Å². The summed E-state index contributed by atoms with van der Waals surface area (Å²) in [6.07, 6.45) is -0.772. The van der Waals surface area contributed by atoms with Gasteiger partial charge in [0.05, 0.1) is 12.6 Å². The fourth-order valence-corrected chi connectivity index (χ4v) is 2.36. The van der Waals surface area contributed by atoms with Gasteiger partial charge in [0.15, 0.2) is 0 Å². The zero-order valence-corrected chi connectivity index (χ0v) is 12.7. The first-order chi connectivity index (χ1) is 9.90. The van der Waals surface area contributed by atoms with Crippen molar-refractivity contribution in [2.24, 2.45) is 0 Å². The van der Waals surface area contributed by atoms with E-state index >= 15 is 0 Å². The quantitative estimate of drug-likeness (QED) is 0.846. The summed E-state index contributed by atoms with van der Waals surface area (Å²) in [7, 11) is 1.61. The second kappa shape index (κ2) is 6.26. The first kappa shape index (κ1) is 15.5. The molecule has 1 unspecified atom stereocenters. The minimum Gasteiger partial charge on any atom is -0.387 e. The number of nitrogens with zero attached hydrogens (tertiary/aromatic N) is 2. The lowest BCUT2D eigenvalue weighted by Gasteiger charge is -2.32. The van der Waals surface area contributed by atoms with E-state index in [1.165, 1.54) is 15.4 Å². The number of hydrogen-bond acceptors (Lipinski definition) is 3. The van der Waals surface area contributed by atoms with Crippen LogP contribution in [0.2, 0.25) is 0 Å². The number of aliphatic hydroxyl groups is 1. The molecule has 0 saturated carbocycles. The van der Waals surface area contributed by atoms with Crippen LogP contribution >= 0.6 is 0 Å². The first-order valence-electron chi connectivity index (χ1n) is 7.22. The molecule has 1 aromatic carbocycles. The first-order valence-corrected chi connectivity index (χ1v) is 7.22. The van der Waals surface area contributed by atoms with Crippen molar-refractivity contribution in [1.29, 1.82) is 0 Å². The van der Waals surface area contributed by atoms with Crippen molar-refractivity contribution in [1.82, 2.24) is 9.80 Å². The Morgan fingerprint density at radius 2 is 1.62 bits per heavy atom. The van der Waals surface area contributed by atoms with Crippen molar-refractivity contribution in [2.45, 2.75) is 25.9 Å². The molecule has 1 N–H and O–H groups in total. The highest BCUT2D eigenvalue weighted by Gasteiger charge is 2.31. The second-order valence-corrected chi connectivity index (χ2v) is 5.82. The summed E-state index contributed by atoms with van der Waals surface area (Å²) in [6.45, 7) is 5.34. The van der Waals surface area contributed by atoms with Crippen molar-refractivity contribution in [3.05, 3.63) is 35.4 Å². The van der Waals surface area contributed by atoms with E-state index in [0.717, 1.165) is 5.56 Å². The molecule has 2 amide bonds. The molecule has 21 heavy (non-hydrogen) atoms. The third-order valence-electron chi connectivity index (χ3n) is 3.90. The standard InChI is InChI=1S/C16H22N2O3/c1-11(2)12-4-6-13(7-5-12)14(19)10-18-9-8-17(3)15(20)16(18)21/h4-7,11,14,19H,8-10H2,1-3H3. The van der Waals surface area contributed by atoms with Gasteiger partial charge >= 0.3 is 11.8 Å². The third-order valence-corrected chi connectivity index (χ3v) is 3.90. The number of rotatable bonds is 4. The van der Waals surface area contributed by atoms with E-state index in [4.69, 9.17) is 0 Å². The zero-order chi connectivity index (χ0) is 15.6. The van der Waals surface area contributed by atoms with Crippen LogP contribution in [-0.2, 0) is 9.59 Å². The molecule has 5 nitrogen and oxygen atoms in total. The van der Waals surface area contributed by atoms with E-state index in [9.17, 15) is 14.7 Å². The molecule has 1 heterocycles. The van der Waals surface area contributed by atoms with Gasteiger partial charge in [-0.2, -0.15) is 0 Å². The van der Waals surface area contributed by atoms with Crippen LogP contribution in [0.5, 0.6) is 0 Å². The molecule has 0 aromatic heterocycles. The Bertz CT molecular complexity index is 525. The minimum atomic E-state index is -0.772. The number of carbonyl (C=O) groups is 2. The molecule has 114 valence electrons. The molecule has 2 rings (SSSR count). The zero-order valence-electron chi connectivity index (χ0n) is 12.7. The number of benzene rings is 1. The summed E-state index contributed by atoms with van der Waals surface area (Å²) in [4.78, 5) is 26.3. The summed E-state index contributed by atoms with van der Waals surface area (Å²) in [5.74, 6) is -0.613. The number of piperazine rings is 1. The summed E-state index contributed by atoms with van der Waals surface area (Å²) >= 11 is 0. The number of aliphatic hydroxyl groups excluding tert-OH is 1. The average molecular weight is 290 g/mol. The summed E-state index contributed by atoms with van der Waals surface area (Å²) in [6, 6.07) is 7.73. The van der Waals surface area contributed by atoms with E-state index in [1.807, 2.05) is 24.3 Å². The third kappa shape index (κ3) is 3.42. The average Bonchev–Trinajstić information content (AvgIpc) is 2.48. The second-order valence-electron chi connectivity index (χ2n) is 5.82. The maximum Gasteiger partial charge on any atom is 0.312 e. The Hall–Kier alpha value is -1.88. The fourth-order valence-electron chi connectivity index (χ4n) is 2.36. The highest BCUT2D eigenvalue weighted by Crippen LogP contribution is 2.20. The number of likely N-dealkylation sites (N-methyl/N-ethyl adjacent to an activating group) is 1. The van der Waals surface area contributed by atoms with Crippen LogP contribution < -0.4 is 0 Å². The Morgan fingerprint density at radius 1 is 1.05 bits per heavy atom. The van der Waals surface area contributed by atoms with Crippen LogP contribution in [0.15, 0.2) is 24.3 Å². The van der Waals surface area contributed by atoms with Crippen LogP contribution in [0, 0.1) is 0 Å². The molecule has 0 bridgehead atoms. The Morgan fingerprint density at radius 3 is 2.19 bits per heavy atom. The van der Waals surface area contributed by atoms with Crippen LogP contribution in [0.25, 0.3) is 0 Å². The highest BCUT2D eigenvalue weighted by molar-refractivity contribution is 6.35. The van der Waals surface area contributed by atoms with Crippen LogP contribution in [0.3, 0.4) is 0 Å². The maximum atomic E-state index is 11.9.